The van der Waals surface area contributed by atoms with Gasteiger partial charge in [0.2, 0.25) is 0 Å². The summed E-state index contributed by atoms with van der Waals surface area (Å²) in [5, 5.41) is 5.03. The number of rotatable bonds is 4. The van der Waals surface area contributed by atoms with Crippen LogP contribution >= 0.6 is 34.7 Å². The van der Waals surface area contributed by atoms with Crippen LogP contribution in [0.1, 0.15) is 5.56 Å². The third-order valence-electron chi connectivity index (χ3n) is 2.20. The van der Waals surface area contributed by atoms with Gasteiger partial charge >= 0.3 is 0 Å². The highest BCUT2D eigenvalue weighted by atomic mass is 35.5. The highest BCUT2D eigenvalue weighted by molar-refractivity contribution is 7.99. The Balaban J connectivity index is 1.92. The summed E-state index contributed by atoms with van der Waals surface area (Å²) >= 11 is 9.42. The van der Waals surface area contributed by atoms with Crippen LogP contribution in [0.25, 0.3) is 0 Å². The van der Waals surface area contributed by atoms with Gasteiger partial charge in [-0.25, -0.2) is 0 Å². The number of halogens is 1. The molecule has 4 heteroatoms. The second-order valence-corrected chi connectivity index (χ2v) is 5.77. The summed E-state index contributed by atoms with van der Waals surface area (Å²) in [6.45, 7) is 0. The molecule has 1 aromatic heterocycles. The van der Waals surface area contributed by atoms with E-state index in [-0.39, 0.29) is 0 Å². The van der Waals surface area contributed by atoms with Crippen LogP contribution in [0.3, 0.4) is 0 Å². The fourth-order valence-electron chi connectivity index (χ4n) is 1.35. The Hall–Kier alpha value is -0.640. The third kappa shape index (κ3) is 3.17. The van der Waals surface area contributed by atoms with Gasteiger partial charge < -0.3 is 5.73 Å². The Morgan fingerprint density at radius 1 is 1.31 bits per heavy atom. The number of aryl methyl sites for hydroxylation is 1. The monoisotopic (exact) mass is 269 g/mol. The number of thioether (sulfide) groups is 1. The molecule has 0 aliphatic heterocycles. The number of benzene rings is 1. The molecule has 1 aromatic carbocycles. The second kappa shape index (κ2) is 5.62. The lowest BCUT2D eigenvalue weighted by molar-refractivity contribution is 1.17. The van der Waals surface area contributed by atoms with Gasteiger partial charge in [-0.1, -0.05) is 11.6 Å². The number of hydrogen-bond donors (Lipinski definition) is 1. The van der Waals surface area contributed by atoms with Crippen LogP contribution in [-0.2, 0) is 6.42 Å². The van der Waals surface area contributed by atoms with E-state index >= 15 is 0 Å². The molecule has 0 spiro atoms. The topological polar surface area (TPSA) is 26.0 Å². The Morgan fingerprint density at radius 2 is 2.19 bits per heavy atom. The van der Waals surface area contributed by atoms with Crippen molar-refractivity contribution in [2.75, 3.05) is 11.5 Å². The maximum absolute atomic E-state index is 5.93. The first kappa shape index (κ1) is 11.8. The lowest BCUT2D eigenvalue weighted by Gasteiger charge is -2.05. The van der Waals surface area contributed by atoms with Gasteiger partial charge in [-0.3, -0.25) is 0 Å². The van der Waals surface area contributed by atoms with Gasteiger partial charge in [-0.15, -0.1) is 11.8 Å². The summed E-state index contributed by atoms with van der Waals surface area (Å²) in [6, 6.07) is 7.76. The summed E-state index contributed by atoms with van der Waals surface area (Å²) in [4.78, 5) is 1.07. The molecule has 0 unspecified atom stereocenters. The van der Waals surface area contributed by atoms with Crippen molar-refractivity contribution >= 4 is 40.4 Å². The minimum absolute atomic E-state index is 0.743. The SMILES string of the molecule is Nc1ccc(Cl)cc1SCCc1ccsc1. The van der Waals surface area contributed by atoms with Crippen molar-refractivity contribution in [1.29, 1.82) is 0 Å². The van der Waals surface area contributed by atoms with Crippen LogP contribution < -0.4 is 5.73 Å². The molecule has 0 fully saturated rings. The molecule has 0 aliphatic carbocycles. The molecular formula is C12H12ClNS2. The quantitative estimate of drug-likeness (QED) is 0.661. The van der Waals surface area contributed by atoms with Gasteiger partial charge in [0.1, 0.15) is 0 Å². The maximum Gasteiger partial charge on any atom is 0.0453 e. The first-order valence-electron chi connectivity index (χ1n) is 4.94. The largest absolute Gasteiger partial charge is 0.398 e. The minimum Gasteiger partial charge on any atom is -0.398 e. The average Bonchev–Trinajstić information content (AvgIpc) is 2.76. The van der Waals surface area contributed by atoms with Crippen LogP contribution in [0.5, 0.6) is 0 Å². The zero-order chi connectivity index (χ0) is 11.4. The van der Waals surface area contributed by atoms with Crippen molar-refractivity contribution < 1.29 is 0 Å². The zero-order valence-electron chi connectivity index (χ0n) is 8.65. The average molecular weight is 270 g/mol. The molecule has 0 atom stereocenters. The molecule has 0 radical (unpaired) electrons. The van der Waals surface area contributed by atoms with Crippen molar-refractivity contribution in [2.45, 2.75) is 11.3 Å². The van der Waals surface area contributed by atoms with Gasteiger partial charge in [0.15, 0.2) is 0 Å². The first-order chi connectivity index (χ1) is 7.75. The number of hydrogen-bond acceptors (Lipinski definition) is 3. The fourth-order valence-corrected chi connectivity index (χ4v) is 3.29. The van der Waals surface area contributed by atoms with E-state index in [4.69, 9.17) is 17.3 Å². The molecule has 1 nitrogen and oxygen atoms in total. The van der Waals surface area contributed by atoms with Crippen molar-refractivity contribution in [3.05, 3.63) is 45.6 Å². The zero-order valence-corrected chi connectivity index (χ0v) is 11.0. The van der Waals surface area contributed by atoms with Crippen molar-refractivity contribution in [3.63, 3.8) is 0 Å². The summed E-state index contributed by atoms with van der Waals surface area (Å²) in [6.07, 6.45) is 1.07. The first-order valence-corrected chi connectivity index (χ1v) is 7.25. The number of nitrogens with two attached hydrogens (primary N) is 1. The van der Waals surface area contributed by atoms with Gasteiger partial charge in [0.05, 0.1) is 0 Å². The number of nitrogen functional groups attached to an aromatic ring is 1. The molecule has 2 rings (SSSR count). The van der Waals surface area contributed by atoms with Gasteiger partial charge in [-0.05, 0) is 47.0 Å². The minimum atomic E-state index is 0.743. The Bertz CT molecular complexity index is 454. The lowest BCUT2D eigenvalue weighted by atomic mass is 10.3. The molecule has 16 heavy (non-hydrogen) atoms. The van der Waals surface area contributed by atoms with E-state index in [2.05, 4.69) is 16.8 Å². The summed E-state index contributed by atoms with van der Waals surface area (Å²) in [5.74, 6) is 1.03. The predicted octanol–water partition coefficient (Wildman–Crippen LogP) is 4.32. The lowest BCUT2D eigenvalue weighted by Crippen LogP contribution is -1.91. The number of thiophene rings is 1. The molecule has 0 aliphatic rings. The van der Waals surface area contributed by atoms with E-state index in [0.717, 1.165) is 27.8 Å². The van der Waals surface area contributed by atoms with E-state index in [1.165, 1.54) is 5.56 Å². The van der Waals surface area contributed by atoms with Crippen molar-refractivity contribution in [3.8, 4) is 0 Å². The molecule has 0 bridgehead atoms. The van der Waals surface area contributed by atoms with E-state index in [1.54, 1.807) is 23.1 Å². The number of anilines is 1. The Kier molecular flexibility index (Phi) is 4.16. The van der Waals surface area contributed by atoms with Crippen LogP contribution in [0.4, 0.5) is 5.69 Å². The molecule has 0 saturated carbocycles. The molecule has 2 N–H and O–H groups in total. The van der Waals surface area contributed by atoms with Gasteiger partial charge in [0, 0.05) is 21.4 Å². The molecule has 1 heterocycles. The highest BCUT2D eigenvalue weighted by Gasteiger charge is 2.01. The summed E-state index contributed by atoms with van der Waals surface area (Å²) in [7, 11) is 0. The molecule has 2 aromatic rings. The van der Waals surface area contributed by atoms with E-state index in [0.29, 0.717) is 0 Å². The second-order valence-electron chi connectivity index (χ2n) is 3.41. The molecule has 0 amide bonds. The maximum atomic E-state index is 5.93. The van der Waals surface area contributed by atoms with E-state index < -0.39 is 0 Å². The highest BCUT2D eigenvalue weighted by Crippen LogP contribution is 2.28. The van der Waals surface area contributed by atoms with Gasteiger partial charge in [-0.2, -0.15) is 11.3 Å². The van der Waals surface area contributed by atoms with Crippen LogP contribution in [0.2, 0.25) is 5.02 Å². The van der Waals surface area contributed by atoms with E-state index in [9.17, 15) is 0 Å². The smallest absolute Gasteiger partial charge is 0.0453 e. The predicted molar refractivity (Wildman–Crippen MR) is 74.6 cm³/mol. The van der Waals surface area contributed by atoms with Crippen LogP contribution in [0.15, 0.2) is 39.9 Å². The summed E-state index contributed by atoms with van der Waals surface area (Å²) in [5.41, 5.74) is 8.06. The summed E-state index contributed by atoms with van der Waals surface area (Å²) < 4.78 is 0. The molecule has 84 valence electrons. The van der Waals surface area contributed by atoms with E-state index in [1.807, 2.05) is 18.2 Å². The molecule has 0 saturated heterocycles. The Morgan fingerprint density at radius 3 is 2.94 bits per heavy atom. The fraction of sp³-hybridized carbons (Fsp3) is 0.167. The van der Waals surface area contributed by atoms with Crippen molar-refractivity contribution in [2.24, 2.45) is 0 Å². The van der Waals surface area contributed by atoms with Crippen molar-refractivity contribution in [1.82, 2.24) is 0 Å². The third-order valence-corrected chi connectivity index (χ3v) is 4.24. The van der Waals surface area contributed by atoms with Gasteiger partial charge in [0.25, 0.3) is 0 Å². The standard InChI is InChI=1S/C12H12ClNS2/c13-10-1-2-11(14)12(7-10)16-6-4-9-3-5-15-8-9/h1-3,5,7-8H,4,6,14H2. The Labute approximate surface area is 109 Å². The van der Waals surface area contributed by atoms with Crippen LogP contribution in [-0.4, -0.2) is 5.75 Å². The molecular weight excluding hydrogens is 258 g/mol. The van der Waals surface area contributed by atoms with Crippen LogP contribution in [0, 0.1) is 0 Å². The normalized spacial score (nSPS) is 10.6.